The standard InChI is InChI=1S/C26H28ClNO.C21H15O3P/c1-3-28(4-2)19-20-29-24-17-15-22(16-18-24)25(21-11-7-5-8-12-21)26(27)23-13-9-6-10-14-23;1-25(22)23-18-12-10-14-6-2-4-8-16(14)20(18)21-17-9-5-3-7-15(17)11-13-19(21)24-25/h5-18H,3-4,19-20H2,1-2H3;2-13H,1H3/p+1/b26-25+;. The number of fused-ring (bicyclic) bond motifs is 7. The Morgan fingerprint density at radius 1 is 0.593 bits per heavy atom. The van der Waals surface area contributed by atoms with Gasteiger partial charge in [-0.1, -0.05) is 145 Å². The van der Waals surface area contributed by atoms with E-state index in [-0.39, 0.29) is 0 Å². The van der Waals surface area contributed by atoms with Gasteiger partial charge in [0.1, 0.15) is 30.4 Å². The first-order valence-electron chi connectivity index (χ1n) is 18.4. The van der Waals surface area contributed by atoms with Crippen LogP contribution in [0.5, 0.6) is 17.2 Å². The third-order valence-corrected chi connectivity index (χ3v) is 11.2. The highest BCUT2D eigenvalue weighted by molar-refractivity contribution is 7.53. The fraction of sp³-hybridized carbons (Fsp3) is 0.149. The van der Waals surface area contributed by atoms with Crippen LogP contribution in [0.1, 0.15) is 30.5 Å². The molecule has 272 valence electrons. The molecule has 0 bridgehead atoms. The summed E-state index contributed by atoms with van der Waals surface area (Å²) in [5, 5.41) is 5.08. The third kappa shape index (κ3) is 8.25. The maximum Gasteiger partial charge on any atom is 0.427 e. The second-order valence-corrected chi connectivity index (χ2v) is 15.6. The van der Waals surface area contributed by atoms with Crippen molar-refractivity contribution in [1.29, 1.82) is 0 Å². The normalized spacial score (nSPS) is 13.4. The van der Waals surface area contributed by atoms with Gasteiger partial charge in [-0.05, 0) is 76.3 Å². The number of hydrogen-bond donors (Lipinski definition) is 1. The van der Waals surface area contributed by atoms with Gasteiger partial charge in [0.2, 0.25) is 0 Å². The Balaban J connectivity index is 0.000000168. The zero-order valence-corrected chi connectivity index (χ0v) is 32.4. The minimum Gasteiger partial charge on any atom is -0.488 e. The van der Waals surface area contributed by atoms with Crippen molar-refractivity contribution in [3.8, 4) is 28.4 Å². The van der Waals surface area contributed by atoms with Gasteiger partial charge in [-0.25, -0.2) is 4.57 Å². The predicted molar refractivity (Wildman–Crippen MR) is 225 cm³/mol. The second kappa shape index (κ2) is 16.8. The van der Waals surface area contributed by atoms with Crippen molar-refractivity contribution >= 4 is 51.3 Å². The summed E-state index contributed by atoms with van der Waals surface area (Å²) in [6, 6.07) is 52.7. The van der Waals surface area contributed by atoms with E-state index in [1.807, 2.05) is 109 Å². The summed E-state index contributed by atoms with van der Waals surface area (Å²) >= 11 is 6.88. The van der Waals surface area contributed by atoms with E-state index in [1.54, 1.807) is 4.90 Å². The SMILES string of the molecule is CC[NH+](CC)CCOc1ccc(/C(=C(/Cl)c2ccccc2)c2ccccc2)cc1.CP1(=O)Oc2ccc3ccccc3c2-c2c(ccc3ccccc23)O1. The number of hydrogen-bond acceptors (Lipinski definition) is 4. The first-order chi connectivity index (χ1) is 26.3. The first-order valence-corrected chi connectivity index (χ1v) is 20.8. The molecule has 0 unspecified atom stereocenters. The molecule has 0 radical (unpaired) electrons. The molecular weight excluding hydrogens is 709 g/mol. The van der Waals surface area contributed by atoms with E-state index >= 15 is 0 Å². The van der Waals surface area contributed by atoms with Gasteiger partial charge < -0.3 is 18.7 Å². The highest BCUT2D eigenvalue weighted by atomic mass is 35.5. The van der Waals surface area contributed by atoms with Gasteiger partial charge in [0.05, 0.1) is 24.8 Å². The summed E-state index contributed by atoms with van der Waals surface area (Å²) in [6.45, 7) is 9.93. The predicted octanol–water partition coefficient (Wildman–Crippen LogP) is 11.4. The molecule has 0 atom stereocenters. The van der Waals surface area contributed by atoms with Crippen LogP contribution < -0.4 is 18.7 Å². The molecule has 0 saturated carbocycles. The van der Waals surface area contributed by atoms with E-state index in [0.717, 1.165) is 92.0 Å². The van der Waals surface area contributed by atoms with Crippen molar-refractivity contribution < 1.29 is 23.2 Å². The Morgan fingerprint density at radius 3 is 1.57 bits per heavy atom. The Kier molecular flexibility index (Phi) is 11.5. The molecule has 0 saturated heterocycles. The Morgan fingerprint density at radius 2 is 1.06 bits per heavy atom. The number of ether oxygens (including phenoxy) is 1. The summed E-state index contributed by atoms with van der Waals surface area (Å²) < 4.78 is 30.4. The van der Waals surface area contributed by atoms with Crippen molar-refractivity contribution in [3.63, 3.8) is 0 Å². The van der Waals surface area contributed by atoms with Crippen LogP contribution >= 0.6 is 19.2 Å². The Bertz CT molecular complexity index is 2350. The van der Waals surface area contributed by atoms with Crippen LogP contribution in [0.15, 0.2) is 158 Å². The van der Waals surface area contributed by atoms with Crippen molar-refractivity contribution in [2.75, 3.05) is 32.9 Å². The number of likely N-dealkylation sites (N-methyl/N-ethyl adjacent to an activating group) is 1. The molecule has 8 rings (SSSR count). The van der Waals surface area contributed by atoms with Gasteiger partial charge in [-0.2, -0.15) is 0 Å². The van der Waals surface area contributed by atoms with E-state index < -0.39 is 7.60 Å². The number of rotatable bonds is 9. The fourth-order valence-corrected chi connectivity index (χ4v) is 8.34. The highest BCUT2D eigenvalue weighted by Gasteiger charge is 2.31. The quantitative estimate of drug-likeness (QED) is 0.118. The molecular formula is C47H44ClNO4P+. The lowest BCUT2D eigenvalue weighted by Crippen LogP contribution is -3.12. The molecule has 7 aromatic rings. The van der Waals surface area contributed by atoms with Gasteiger partial charge >= 0.3 is 7.60 Å². The van der Waals surface area contributed by atoms with Crippen molar-refractivity contribution in [2.45, 2.75) is 13.8 Å². The van der Waals surface area contributed by atoms with Gasteiger partial charge in [-0.3, -0.25) is 0 Å². The smallest absolute Gasteiger partial charge is 0.427 e. The zero-order chi connectivity index (χ0) is 37.5. The van der Waals surface area contributed by atoms with E-state index in [4.69, 9.17) is 25.4 Å². The maximum absolute atomic E-state index is 12.8. The lowest BCUT2D eigenvalue weighted by Gasteiger charge is -2.16. The van der Waals surface area contributed by atoms with Crippen LogP contribution in [-0.2, 0) is 4.57 Å². The van der Waals surface area contributed by atoms with Crippen LogP contribution in [0.4, 0.5) is 0 Å². The van der Waals surface area contributed by atoms with Gasteiger partial charge in [0.15, 0.2) is 0 Å². The summed E-state index contributed by atoms with van der Waals surface area (Å²) in [4.78, 5) is 1.55. The van der Waals surface area contributed by atoms with E-state index in [0.29, 0.717) is 11.5 Å². The molecule has 1 aliphatic heterocycles. The lowest BCUT2D eigenvalue weighted by molar-refractivity contribution is -0.896. The largest absolute Gasteiger partial charge is 0.488 e. The molecule has 1 heterocycles. The van der Waals surface area contributed by atoms with Crippen LogP contribution in [-0.4, -0.2) is 32.9 Å². The summed E-state index contributed by atoms with van der Waals surface area (Å²) in [5.41, 5.74) is 6.08. The lowest BCUT2D eigenvalue weighted by atomic mass is 9.92. The van der Waals surface area contributed by atoms with Gasteiger partial charge in [0.25, 0.3) is 0 Å². The second-order valence-electron chi connectivity index (χ2n) is 13.3. The van der Waals surface area contributed by atoms with Crippen LogP contribution in [0, 0.1) is 0 Å². The molecule has 0 amide bonds. The van der Waals surface area contributed by atoms with E-state index in [1.165, 1.54) is 6.66 Å². The molecule has 0 spiro atoms. The minimum absolute atomic E-state index is 0.597. The Hall–Kier alpha value is -5.32. The molecule has 54 heavy (non-hydrogen) atoms. The number of quaternary nitrogens is 1. The topological polar surface area (TPSA) is 49.2 Å². The summed E-state index contributed by atoms with van der Waals surface area (Å²) in [5.74, 6) is 2.09. The Labute approximate surface area is 322 Å². The van der Waals surface area contributed by atoms with Crippen LogP contribution in [0.25, 0.3) is 43.3 Å². The molecule has 7 heteroatoms. The van der Waals surface area contributed by atoms with Crippen LogP contribution in [0.3, 0.4) is 0 Å². The van der Waals surface area contributed by atoms with Crippen LogP contribution in [0.2, 0.25) is 0 Å². The molecule has 5 nitrogen and oxygen atoms in total. The van der Waals surface area contributed by atoms with Crippen molar-refractivity contribution in [3.05, 3.63) is 174 Å². The first kappa shape index (κ1) is 37.0. The number of halogens is 1. The number of nitrogens with one attached hydrogen (secondary N) is 1. The molecule has 7 aromatic carbocycles. The fourth-order valence-electron chi connectivity index (χ4n) is 6.94. The maximum atomic E-state index is 12.8. The van der Waals surface area contributed by atoms with Gasteiger partial charge in [0, 0.05) is 16.7 Å². The molecule has 1 aliphatic rings. The number of benzene rings is 7. The third-order valence-electron chi connectivity index (χ3n) is 9.74. The monoisotopic (exact) mass is 752 g/mol. The highest BCUT2D eigenvalue weighted by Crippen LogP contribution is 2.56. The van der Waals surface area contributed by atoms with E-state index in [9.17, 15) is 4.57 Å². The average Bonchev–Trinajstić information content (AvgIpc) is 3.33. The van der Waals surface area contributed by atoms with Crippen molar-refractivity contribution in [2.24, 2.45) is 0 Å². The van der Waals surface area contributed by atoms with Crippen molar-refractivity contribution in [1.82, 2.24) is 0 Å². The molecule has 0 fully saturated rings. The molecule has 1 N–H and O–H groups in total. The zero-order valence-electron chi connectivity index (χ0n) is 30.8. The average molecular weight is 753 g/mol. The van der Waals surface area contributed by atoms with E-state index in [2.05, 4.69) is 62.4 Å². The summed E-state index contributed by atoms with van der Waals surface area (Å²) in [6.07, 6.45) is 0. The molecule has 0 aliphatic carbocycles. The summed E-state index contributed by atoms with van der Waals surface area (Å²) in [7, 11) is -3.25. The van der Waals surface area contributed by atoms with Gasteiger partial charge in [-0.15, -0.1) is 0 Å². The minimum atomic E-state index is -3.25. The molecule has 0 aromatic heterocycles.